The monoisotopic (exact) mass is 323 g/mol. The third-order valence-corrected chi connectivity index (χ3v) is 4.54. The molecule has 0 saturated heterocycles. The largest absolute Gasteiger partial charge is 0.403 e. The zero-order chi connectivity index (χ0) is 9.42. The van der Waals surface area contributed by atoms with Crippen molar-refractivity contribution in [2.75, 3.05) is 5.73 Å². The first-order valence-electron chi connectivity index (χ1n) is 3.21. The van der Waals surface area contributed by atoms with E-state index in [4.69, 9.17) is 10.2 Å². The lowest BCUT2D eigenvalue weighted by molar-refractivity contribution is 0.592. The van der Waals surface area contributed by atoms with Crippen molar-refractivity contribution in [3.8, 4) is 10.8 Å². The van der Waals surface area contributed by atoms with Gasteiger partial charge in [0.05, 0.1) is 8.66 Å². The molecule has 7 heteroatoms. The van der Waals surface area contributed by atoms with Crippen molar-refractivity contribution in [3.05, 3.63) is 14.3 Å². The Morgan fingerprint density at radius 1 is 1.38 bits per heavy atom. The standard InChI is InChI=1S/C6H3Br2N3OS/c7-2-1-3(13-4(2)8)5-10-11-6(9)12-5/h1H,(H2,9,11). The molecule has 0 saturated carbocycles. The van der Waals surface area contributed by atoms with Crippen molar-refractivity contribution >= 4 is 49.2 Å². The lowest BCUT2D eigenvalue weighted by atomic mass is 10.5. The van der Waals surface area contributed by atoms with E-state index < -0.39 is 0 Å². The van der Waals surface area contributed by atoms with Crippen LogP contribution in [0.4, 0.5) is 6.01 Å². The third-order valence-electron chi connectivity index (χ3n) is 1.30. The summed E-state index contributed by atoms with van der Waals surface area (Å²) in [5, 5.41) is 7.34. The molecule has 0 unspecified atom stereocenters. The van der Waals surface area contributed by atoms with E-state index in [1.165, 1.54) is 11.3 Å². The number of hydrogen-bond acceptors (Lipinski definition) is 5. The molecule has 2 N–H and O–H groups in total. The Morgan fingerprint density at radius 2 is 2.15 bits per heavy atom. The van der Waals surface area contributed by atoms with Gasteiger partial charge in [-0.1, -0.05) is 5.10 Å². The minimum absolute atomic E-state index is 0.0793. The lowest BCUT2D eigenvalue weighted by Crippen LogP contribution is -1.81. The summed E-state index contributed by atoms with van der Waals surface area (Å²) >= 11 is 8.23. The maximum absolute atomic E-state index is 5.30. The van der Waals surface area contributed by atoms with Crippen molar-refractivity contribution in [1.82, 2.24) is 10.2 Å². The SMILES string of the molecule is Nc1nnc(-c2cc(Br)c(Br)s2)o1. The number of rotatable bonds is 1. The van der Waals surface area contributed by atoms with Gasteiger partial charge < -0.3 is 10.2 Å². The van der Waals surface area contributed by atoms with Crippen molar-refractivity contribution < 1.29 is 4.42 Å². The number of halogens is 2. The molecule has 0 aliphatic rings. The summed E-state index contributed by atoms with van der Waals surface area (Å²) in [6.07, 6.45) is 0. The van der Waals surface area contributed by atoms with Crippen LogP contribution in [0.15, 0.2) is 18.7 Å². The Labute approximate surface area is 94.4 Å². The average molecular weight is 325 g/mol. The van der Waals surface area contributed by atoms with Crippen LogP contribution in [0.25, 0.3) is 10.8 Å². The van der Waals surface area contributed by atoms with Crippen molar-refractivity contribution in [1.29, 1.82) is 0 Å². The Balaban J connectivity index is 2.46. The summed E-state index contributed by atoms with van der Waals surface area (Å²) in [6.45, 7) is 0. The van der Waals surface area contributed by atoms with Crippen LogP contribution in [-0.4, -0.2) is 10.2 Å². The zero-order valence-corrected chi connectivity index (χ0v) is 10.1. The van der Waals surface area contributed by atoms with Gasteiger partial charge >= 0.3 is 6.01 Å². The second kappa shape index (κ2) is 3.39. The van der Waals surface area contributed by atoms with E-state index in [2.05, 4.69) is 42.1 Å². The molecule has 4 nitrogen and oxygen atoms in total. The molecule has 0 aromatic carbocycles. The molecule has 2 aromatic rings. The van der Waals surface area contributed by atoms with Crippen LogP contribution >= 0.6 is 43.2 Å². The fraction of sp³-hybridized carbons (Fsp3) is 0. The van der Waals surface area contributed by atoms with Crippen molar-refractivity contribution in [2.45, 2.75) is 0 Å². The van der Waals surface area contributed by atoms with E-state index in [0.717, 1.165) is 13.1 Å². The van der Waals surface area contributed by atoms with Gasteiger partial charge in [0.2, 0.25) is 0 Å². The van der Waals surface area contributed by atoms with Crippen LogP contribution in [-0.2, 0) is 0 Å². The van der Waals surface area contributed by atoms with E-state index >= 15 is 0 Å². The number of nitrogens with zero attached hydrogens (tertiary/aromatic N) is 2. The number of aromatic nitrogens is 2. The quantitative estimate of drug-likeness (QED) is 0.876. The van der Waals surface area contributed by atoms with Crippen LogP contribution in [0.3, 0.4) is 0 Å². The molecule has 13 heavy (non-hydrogen) atoms. The predicted molar refractivity (Wildman–Crippen MR) is 57.4 cm³/mol. The Hall–Kier alpha value is -0.400. The molecular formula is C6H3Br2N3OS. The van der Waals surface area contributed by atoms with E-state index in [1.54, 1.807) is 0 Å². The normalized spacial score (nSPS) is 10.6. The first kappa shape index (κ1) is 9.17. The molecule has 2 aromatic heterocycles. The second-order valence-electron chi connectivity index (χ2n) is 2.18. The summed E-state index contributed by atoms with van der Waals surface area (Å²) in [6, 6.07) is 1.97. The highest BCUT2D eigenvalue weighted by Crippen LogP contribution is 2.37. The lowest BCUT2D eigenvalue weighted by Gasteiger charge is -1.82. The van der Waals surface area contributed by atoms with Gasteiger partial charge in [-0.05, 0) is 37.9 Å². The van der Waals surface area contributed by atoms with Gasteiger partial charge in [0.25, 0.3) is 5.89 Å². The highest BCUT2D eigenvalue weighted by Gasteiger charge is 2.11. The maximum atomic E-state index is 5.30. The molecule has 2 heterocycles. The van der Waals surface area contributed by atoms with E-state index in [-0.39, 0.29) is 6.01 Å². The first-order chi connectivity index (χ1) is 6.16. The second-order valence-corrected chi connectivity index (χ2v) is 5.40. The van der Waals surface area contributed by atoms with Crippen molar-refractivity contribution in [2.24, 2.45) is 0 Å². The first-order valence-corrected chi connectivity index (χ1v) is 5.61. The molecule has 0 fully saturated rings. The van der Waals surface area contributed by atoms with Crippen LogP contribution < -0.4 is 5.73 Å². The van der Waals surface area contributed by atoms with Crippen LogP contribution in [0.5, 0.6) is 0 Å². The molecule has 0 bridgehead atoms. The van der Waals surface area contributed by atoms with Gasteiger partial charge in [-0.15, -0.1) is 16.4 Å². The molecule has 2 rings (SSSR count). The topological polar surface area (TPSA) is 64.9 Å². The molecule has 68 valence electrons. The number of nitrogens with two attached hydrogens (primary N) is 1. The van der Waals surface area contributed by atoms with Crippen molar-refractivity contribution in [3.63, 3.8) is 0 Å². The van der Waals surface area contributed by atoms with Crippen LogP contribution in [0.2, 0.25) is 0 Å². The zero-order valence-electron chi connectivity index (χ0n) is 6.12. The minimum atomic E-state index is 0.0793. The minimum Gasteiger partial charge on any atom is -0.403 e. The number of nitrogen functional groups attached to an aromatic ring is 1. The van der Waals surface area contributed by atoms with Crippen LogP contribution in [0, 0.1) is 0 Å². The highest BCUT2D eigenvalue weighted by atomic mass is 79.9. The smallest absolute Gasteiger partial charge is 0.313 e. The summed E-state index contributed by atoms with van der Waals surface area (Å²) in [4.78, 5) is 0.878. The average Bonchev–Trinajstić information content (AvgIpc) is 2.61. The molecule has 0 aliphatic carbocycles. The Morgan fingerprint density at radius 3 is 2.62 bits per heavy atom. The predicted octanol–water partition coefficient (Wildman–Crippen LogP) is 2.91. The van der Waals surface area contributed by atoms with Gasteiger partial charge in [0.15, 0.2) is 0 Å². The molecule has 0 radical (unpaired) electrons. The van der Waals surface area contributed by atoms with Crippen LogP contribution in [0.1, 0.15) is 0 Å². The Kier molecular flexibility index (Phi) is 2.39. The number of anilines is 1. The molecule has 0 atom stereocenters. The fourth-order valence-electron chi connectivity index (χ4n) is 0.786. The summed E-state index contributed by atoms with van der Waals surface area (Å²) < 4.78 is 7.01. The Bertz CT molecular complexity index is 419. The summed E-state index contributed by atoms with van der Waals surface area (Å²) in [5.41, 5.74) is 5.30. The highest BCUT2D eigenvalue weighted by molar-refractivity contribution is 9.13. The van der Waals surface area contributed by atoms with Gasteiger partial charge in [0, 0.05) is 4.47 Å². The molecular weight excluding hydrogens is 322 g/mol. The molecule has 0 spiro atoms. The number of hydrogen-bond donors (Lipinski definition) is 1. The number of thiophene rings is 1. The van der Waals surface area contributed by atoms with Gasteiger partial charge in [-0.25, -0.2) is 0 Å². The van der Waals surface area contributed by atoms with Gasteiger partial charge in [0.1, 0.15) is 0 Å². The van der Waals surface area contributed by atoms with E-state index in [0.29, 0.717) is 5.89 Å². The van der Waals surface area contributed by atoms with Gasteiger partial charge in [-0.2, -0.15) is 0 Å². The summed E-state index contributed by atoms with van der Waals surface area (Å²) in [7, 11) is 0. The molecule has 0 aliphatic heterocycles. The van der Waals surface area contributed by atoms with Gasteiger partial charge in [-0.3, -0.25) is 0 Å². The van der Waals surface area contributed by atoms with E-state index in [1.807, 2.05) is 6.07 Å². The molecule has 0 amide bonds. The summed E-state index contributed by atoms with van der Waals surface area (Å²) in [5.74, 6) is 0.439. The third kappa shape index (κ3) is 1.77. The fourth-order valence-corrected chi connectivity index (χ4v) is 2.74. The van der Waals surface area contributed by atoms with E-state index in [9.17, 15) is 0 Å². The maximum Gasteiger partial charge on any atom is 0.313 e.